The summed E-state index contributed by atoms with van der Waals surface area (Å²) in [6, 6.07) is -0.0523. The zero-order chi connectivity index (χ0) is 13.1. The Morgan fingerprint density at radius 2 is 1.41 bits per heavy atom. The fourth-order valence-corrected chi connectivity index (χ4v) is 1.90. The molecule has 2 N–H and O–H groups in total. The second-order valence-electron chi connectivity index (χ2n) is 4.82. The Hall–Kier alpha value is -0.250. The molecule has 0 aliphatic carbocycles. The zero-order valence-electron chi connectivity index (χ0n) is 10.9. The third-order valence-electron chi connectivity index (χ3n) is 2.96. The van der Waals surface area contributed by atoms with E-state index in [9.17, 15) is 13.2 Å². The predicted molar refractivity (Wildman–Crippen MR) is 65.9 cm³/mol. The predicted octanol–water partition coefficient (Wildman–Crippen LogP) is 4.80. The first-order valence-electron chi connectivity index (χ1n) is 6.78. The third-order valence-corrected chi connectivity index (χ3v) is 2.96. The van der Waals surface area contributed by atoms with E-state index in [1.165, 1.54) is 25.7 Å². The maximum absolute atomic E-state index is 11.9. The van der Waals surface area contributed by atoms with Gasteiger partial charge in [-0.2, -0.15) is 13.2 Å². The van der Waals surface area contributed by atoms with Crippen molar-refractivity contribution < 1.29 is 13.2 Å². The largest absolute Gasteiger partial charge is 0.389 e. The van der Waals surface area contributed by atoms with E-state index in [-0.39, 0.29) is 12.5 Å². The van der Waals surface area contributed by atoms with Crippen LogP contribution in [-0.4, -0.2) is 12.2 Å². The van der Waals surface area contributed by atoms with E-state index in [0.29, 0.717) is 6.42 Å². The van der Waals surface area contributed by atoms with Gasteiger partial charge < -0.3 is 5.73 Å². The molecule has 0 aromatic heterocycles. The molecule has 0 amide bonds. The summed E-state index contributed by atoms with van der Waals surface area (Å²) in [7, 11) is 0. The summed E-state index contributed by atoms with van der Waals surface area (Å²) in [5.74, 6) is 0. The highest BCUT2D eigenvalue weighted by atomic mass is 19.4. The van der Waals surface area contributed by atoms with E-state index >= 15 is 0 Å². The van der Waals surface area contributed by atoms with E-state index in [4.69, 9.17) is 5.73 Å². The average Bonchev–Trinajstić information content (AvgIpc) is 2.21. The van der Waals surface area contributed by atoms with Gasteiger partial charge in [-0.25, -0.2) is 0 Å². The van der Waals surface area contributed by atoms with Crippen LogP contribution in [0.4, 0.5) is 13.2 Å². The van der Waals surface area contributed by atoms with Gasteiger partial charge in [-0.05, 0) is 19.3 Å². The molecule has 1 atom stereocenters. The van der Waals surface area contributed by atoms with Crippen molar-refractivity contribution in [3.63, 3.8) is 0 Å². The van der Waals surface area contributed by atoms with Gasteiger partial charge in [0.15, 0.2) is 0 Å². The second-order valence-corrected chi connectivity index (χ2v) is 4.82. The van der Waals surface area contributed by atoms with Crippen LogP contribution in [0.25, 0.3) is 0 Å². The van der Waals surface area contributed by atoms with Crippen molar-refractivity contribution in [1.82, 2.24) is 0 Å². The summed E-state index contributed by atoms with van der Waals surface area (Å²) in [4.78, 5) is 0. The fraction of sp³-hybridized carbons (Fsp3) is 1.00. The molecule has 0 fully saturated rings. The van der Waals surface area contributed by atoms with Gasteiger partial charge in [0.25, 0.3) is 0 Å². The molecule has 0 aliphatic heterocycles. The lowest BCUT2D eigenvalue weighted by molar-refractivity contribution is -0.135. The number of hydrogen-bond donors (Lipinski definition) is 1. The van der Waals surface area contributed by atoms with Crippen LogP contribution >= 0.6 is 0 Å². The Kier molecular flexibility index (Phi) is 9.60. The summed E-state index contributed by atoms with van der Waals surface area (Å²) >= 11 is 0. The SMILES string of the molecule is CCCCCCCCC(N)CCCC(F)(F)F. The Morgan fingerprint density at radius 3 is 2.00 bits per heavy atom. The highest BCUT2D eigenvalue weighted by Crippen LogP contribution is 2.23. The van der Waals surface area contributed by atoms with Gasteiger partial charge in [0.05, 0.1) is 0 Å². The standard InChI is InChI=1S/C13H26F3N/c1-2-3-4-5-6-7-9-12(17)10-8-11-13(14,15)16/h12H,2-11,17H2,1H3. The van der Waals surface area contributed by atoms with Gasteiger partial charge in [-0.1, -0.05) is 45.4 Å². The minimum Gasteiger partial charge on any atom is -0.328 e. The number of unbranched alkanes of at least 4 members (excludes halogenated alkanes) is 5. The summed E-state index contributed by atoms with van der Waals surface area (Å²) < 4.78 is 35.7. The summed E-state index contributed by atoms with van der Waals surface area (Å²) in [5, 5.41) is 0. The van der Waals surface area contributed by atoms with Crippen molar-refractivity contribution in [2.24, 2.45) is 5.73 Å². The Balaban J connectivity index is 3.26. The fourth-order valence-electron chi connectivity index (χ4n) is 1.90. The van der Waals surface area contributed by atoms with E-state index in [0.717, 1.165) is 19.3 Å². The molecule has 0 aliphatic rings. The van der Waals surface area contributed by atoms with Crippen LogP contribution in [0.1, 0.15) is 71.1 Å². The normalized spacial score (nSPS) is 13.9. The van der Waals surface area contributed by atoms with Gasteiger partial charge in [-0.3, -0.25) is 0 Å². The first-order valence-corrected chi connectivity index (χ1v) is 6.78. The smallest absolute Gasteiger partial charge is 0.328 e. The van der Waals surface area contributed by atoms with Crippen LogP contribution in [0.15, 0.2) is 0 Å². The average molecular weight is 253 g/mol. The monoisotopic (exact) mass is 253 g/mol. The molecular weight excluding hydrogens is 227 g/mol. The van der Waals surface area contributed by atoms with Crippen molar-refractivity contribution in [2.75, 3.05) is 0 Å². The first kappa shape index (κ1) is 16.8. The molecule has 0 saturated heterocycles. The number of nitrogens with two attached hydrogens (primary N) is 1. The van der Waals surface area contributed by atoms with Gasteiger partial charge in [-0.15, -0.1) is 0 Å². The maximum atomic E-state index is 11.9. The molecule has 17 heavy (non-hydrogen) atoms. The quantitative estimate of drug-likeness (QED) is 0.556. The molecule has 0 spiro atoms. The van der Waals surface area contributed by atoms with Crippen molar-refractivity contribution in [1.29, 1.82) is 0 Å². The zero-order valence-corrected chi connectivity index (χ0v) is 10.9. The molecule has 104 valence electrons. The third kappa shape index (κ3) is 13.7. The van der Waals surface area contributed by atoms with Gasteiger partial charge >= 0.3 is 6.18 Å². The van der Waals surface area contributed by atoms with Crippen LogP contribution in [0, 0.1) is 0 Å². The minimum absolute atomic E-state index is 0.0523. The number of hydrogen-bond acceptors (Lipinski definition) is 1. The van der Waals surface area contributed by atoms with Crippen molar-refractivity contribution in [3.05, 3.63) is 0 Å². The van der Waals surface area contributed by atoms with Crippen molar-refractivity contribution in [2.45, 2.75) is 83.4 Å². The number of halogens is 3. The van der Waals surface area contributed by atoms with E-state index in [1.807, 2.05) is 0 Å². The maximum Gasteiger partial charge on any atom is 0.389 e. The molecule has 1 nitrogen and oxygen atoms in total. The lowest BCUT2D eigenvalue weighted by Gasteiger charge is -2.12. The van der Waals surface area contributed by atoms with Crippen molar-refractivity contribution in [3.8, 4) is 0 Å². The lowest BCUT2D eigenvalue weighted by atomic mass is 10.0. The van der Waals surface area contributed by atoms with Crippen LogP contribution in [0.5, 0.6) is 0 Å². The van der Waals surface area contributed by atoms with Crippen LogP contribution in [0.2, 0.25) is 0 Å². The highest BCUT2D eigenvalue weighted by Gasteiger charge is 2.26. The molecule has 0 aromatic rings. The second kappa shape index (κ2) is 9.75. The molecular formula is C13H26F3N. The Bertz CT molecular complexity index is 169. The first-order chi connectivity index (χ1) is 7.95. The molecule has 0 radical (unpaired) electrons. The molecule has 4 heteroatoms. The summed E-state index contributed by atoms with van der Waals surface area (Å²) in [6.07, 6.45) is 4.01. The summed E-state index contributed by atoms with van der Waals surface area (Å²) in [5.41, 5.74) is 5.78. The van der Waals surface area contributed by atoms with Crippen molar-refractivity contribution >= 4 is 0 Å². The number of alkyl halides is 3. The molecule has 1 unspecified atom stereocenters. The van der Waals surface area contributed by atoms with Crippen LogP contribution in [0.3, 0.4) is 0 Å². The Morgan fingerprint density at radius 1 is 0.882 bits per heavy atom. The van der Waals surface area contributed by atoms with Crippen LogP contribution in [-0.2, 0) is 0 Å². The Labute approximate surface area is 103 Å². The number of rotatable bonds is 10. The molecule has 0 bridgehead atoms. The molecule has 0 heterocycles. The van der Waals surface area contributed by atoms with Gasteiger partial charge in [0.1, 0.15) is 0 Å². The van der Waals surface area contributed by atoms with E-state index in [2.05, 4.69) is 6.92 Å². The van der Waals surface area contributed by atoms with Crippen LogP contribution < -0.4 is 5.73 Å². The van der Waals surface area contributed by atoms with Gasteiger partial charge in [0, 0.05) is 12.5 Å². The lowest BCUT2D eigenvalue weighted by Crippen LogP contribution is -2.20. The topological polar surface area (TPSA) is 26.0 Å². The van der Waals surface area contributed by atoms with Gasteiger partial charge in [0.2, 0.25) is 0 Å². The minimum atomic E-state index is -4.03. The summed E-state index contributed by atoms with van der Waals surface area (Å²) in [6.45, 7) is 2.18. The van der Waals surface area contributed by atoms with E-state index in [1.54, 1.807) is 0 Å². The van der Waals surface area contributed by atoms with E-state index < -0.39 is 12.6 Å². The molecule has 0 rings (SSSR count). The highest BCUT2D eigenvalue weighted by molar-refractivity contribution is 4.63. The molecule has 0 aromatic carbocycles. The molecule has 0 saturated carbocycles.